The fraction of sp³-hybridized carbons (Fsp3) is 0.231. The summed E-state index contributed by atoms with van der Waals surface area (Å²) in [6, 6.07) is 1.78. The van der Waals surface area contributed by atoms with Crippen LogP contribution in [0.1, 0.15) is 26.6 Å². The molecule has 0 aliphatic heterocycles. The van der Waals surface area contributed by atoms with Gasteiger partial charge in [-0.1, -0.05) is 11.8 Å². The smallest absolute Gasteiger partial charge is 0.269 e. The lowest BCUT2D eigenvalue weighted by Crippen LogP contribution is -2.15. The van der Waals surface area contributed by atoms with Gasteiger partial charge in [0.05, 0.1) is 17.9 Å². The van der Waals surface area contributed by atoms with Gasteiger partial charge in [0.1, 0.15) is 4.88 Å². The van der Waals surface area contributed by atoms with Gasteiger partial charge in [-0.15, -0.1) is 16.4 Å². The van der Waals surface area contributed by atoms with Crippen molar-refractivity contribution >= 4 is 23.2 Å². The molecule has 2 aromatic heterocycles. The van der Waals surface area contributed by atoms with E-state index >= 15 is 0 Å². The van der Waals surface area contributed by atoms with E-state index in [1.165, 1.54) is 11.3 Å². The zero-order valence-electron chi connectivity index (χ0n) is 11.1. The molecule has 0 spiro atoms. The second-order valence-electron chi connectivity index (χ2n) is 3.93. The third-order valence-corrected chi connectivity index (χ3v) is 3.43. The molecule has 0 atom stereocenters. The summed E-state index contributed by atoms with van der Waals surface area (Å²) < 4.78 is 0. The molecule has 0 aromatic carbocycles. The van der Waals surface area contributed by atoms with E-state index in [1.54, 1.807) is 18.4 Å². The summed E-state index contributed by atoms with van der Waals surface area (Å²) in [5, 5.41) is 12.2. The normalized spacial score (nSPS) is 9.75. The third-order valence-electron chi connectivity index (χ3n) is 2.51. The van der Waals surface area contributed by atoms with Gasteiger partial charge >= 0.3 is 0 Å². The van der Waals surface area contributed by atoms with Crippen LogP contribution in [-0.2, 0) is 0 Å². The molecule has 2 aromatic rings. The predicted octanol–water partition coefficient (Wildman–Crippen LogP) is 1.11. The lowest BCUT2D eigenvalue weighted by atomic mass is 10.2. The van der Waals surface area contributed by atoms with Gasteiger partial charge < -0.3 is 5.73 Å². The molecule has 102 valence electrons. The summed E-state index contributed by atoms with van der Waals surface area (Å²) in [6.45, 7) is 3.87. The fourth-order valence-electron chi connectivity index (χ4n) is 1.40. The second kappa shape index (κ2) is 6.23. The first-order valence-electron chi connectivity index (χ1n) is 5.87. The molecule has 0 saturated carbocycles. The van der Waals surface area contributed by atoms with Crippen molar-refractivity contribution in [3.8, 4) is 11.8 Å². The Morgan fingerprint density at radius 2 is 2.20 bits per heavy atom. The summed E-state index contributed by atoms with van der Waals surface area (Å²) in [7, 11) is 0. The van der Waals surface area contributed by atoms with Crippen LogP contribution < -0.4 is 11.1 Å². The van der Waals surface area contributed by atoms with Gasteiger partial charge in [-0.05, 0) is 25.3 Å². The summed E-state index contributed by atoms with van der Waals surface area (Å²) >= 11 is 1.30. The number of carbonyl (C=O) groups excluding carboxylic acids is 1. The Balaban J connectivity index is 2.20. The highest BCUT2D eigenvalue weighted by Gasteiger charge is 2.14. The number of aromatic nitrogens is 3. The highest BCUT2D eigenvalue weighted by atomic mass is 32.1. The van der Waals surface area contributed by atoms with E-state index < -0.39 is 0 Å². The first-order chi connectivity index (χ1) is 9.61. The summed E-state index contributed by atoms with van der Waals surface area (Å²) in [5.41, 5.74) is 7.43. The molecule has 0 aliphatic rings. The van der Waals surface area contributed by atoms with Crippen molar-refractivity contribution in [1.29, 1.82) is 0 Å². The minimum Gasteiger partial charge on any atom is -0.320 e. The fourth-order valence-corrected chi connectivity index (χ4v) is 2.14. The molecule has 2 heterocycles. The van der Waals surface area contributed by atoms with Crippen molar-refractivity contribution in [2.24, 2.45) is 5.73 Å². The Labute approximate surface area is 120 Å². The molecule has 6 nitrogen and oxygen atoms in total. The number of aryl methyl sites for hydroxylation is 2. The standard InChI is InChI=1S/C13H13N5OS/c1-8-9(2)17-18-13(15-8)16-12(19)11-10(4-3-6-14)5-7-20-11/h5,7H,6,14H2,1-2H3,(H,15,16,18,19). The molecule has 0 aliphatic carbocycles. The van der Waals surface area contributed by atoms with E-state index in [0.717, 1.165) is 11.4 Å². The lowest BCUT2D eigenvalue weighted by molar-refractivity contribution is 0.102. The van der Waals surface area contributed by atoms with Gasteiger partial charge in [-0.2, -0.15) is 5.10 Å². The van der Waals surface area contributed by atoms with Gasteiger partial charge in [0.15, 0.2) is 0 Å². The third kappa shape index (κ3) is 3.17. The molecule has 2 rings (SSSR count). The summed E-state index contributed by atoms with van der Waals surface area (Å²) in [5.74, 6) is 5.47. The van der Waals surface area contributed by atoms with Crippen molar-refractivity contribution < 1.29 is 4.79 Å². The number of anilines is 1. The molecule has 0 fully saturated rings. The first kappa shape index (κ1) is 14.1. The number of carbonyl (C=O) groups is 1. The van der Waals surface area contributed by atoms with Crippen LogP contribution in [-0.4, -0.2) is 27.6 Å². The van der Waals surface area contributed by atoms with Gasteiger partial charge in [0, 0.05) is 5.56 Å². The maximum absolute atomic E-state index is 12.1. The molecule has 0 radical (unpaired) electrons. The van der Waals surface area contributed by atoms with E-state index in [-0.39, 0.29) is 18.4 Å². The number of nitrogens with two attached hydrogens (primary N) is 1. The van der Waals surface area contributed by atoms with Crippen molar-refractivity contribution in [2.75, 3.05) is 11.9 Å². The molecule has 0 saturated heterocycles. The summed E-state index contributed by atoms with van der Waals surface area (Å²) in [6.07, 6.45) is 0. The SMILES string of the molecule is Cc1nnc(NC(=O)c2sccc2C#CCN)nc1C. The molecule has 20 heavy (non-hydrogen) atoms. The average Bonchev–Trinajstić information content (AvgIpc) is 2.89. The maximum atomic E-state index is 12.1. The van der Waals surface area contributed by atoms with Crippen LogP contribution in [0.2, 0.25) is 0 Å². The quantitative estimate of drug-likeness (QED) is 0.807. The highest BCUT2D eigenvalue weighted by Crippen LogP contribution is 2.17. The van der Waals surface area contributed by atoms with Gasteiger partial charge in [0.2, 0.25) is 5.95 Å². The average molecular weight is 287 g/mol. The Morgan fingerprint density at radius 3 is 2.90 bits per heavy atom. The number of hydrogen-bond donors (Lipinski definition) is 2. The monoisotopic (exact) mass is 287 g/mol. The zero-order chi connectivity index (χ0) is 14.5. The summed E-state index contributed by atoms with van der Waals surface area (Å²) in [4.78, 5) is 16.8. The molecule has 0 bridgehead atoms. The number of rotatable bonds is 2. The second-order valence-corrected chi connectivity index (χ2v) is 4.85. The van der Waals surface area contributed by atoms with Gasteiger partial charge in [-0.3, -0.25) is 10.1 Å². The van der Waals surface area contributed by atoms with Crippen LogP contribution in [0.3, 0.4) is 0 Å². The zero-order valence-corrected chi connectivity index (χ0v) is 11.9. The Bertz CT molecular complexity index is 698. The molecular formula is C13H13N5OS. The van der Waals surface area contributed by atoms with Crippen molar-refractivity contribution in [2.45, 2.75) is 13.8 Å². The minimum atomic E-state index is -0.300. The lowest BCUT2D eigenvalue weighted by Gasteiger charge is -2.03. The topological polar surface area (TPSA) is 93.8 Å². The number of amides is 1. The van der Waals surface area contributed by atoms with E-state index in [4.69, 9.17) is 5.73 Å². The maximum Gasteiger partial charge on any atom is 0.269 e. The van der Waals surface area contributed by atoms with E-state index in [9.17, 15) is 4.79 Å². The molecular weight excluding hydrogens is 274 g/mol. The van der Waals surface area contributed by atoms with Crippen molar-refractivity contribution in [3.05, 3.63) is 33.3 Å². The number of hydrogen-bond acceptors (Lipinski definition) is 6. The molecule has 1 amide bonds. The largest absolute Gasteiger partial charge is 0.320 e. The number of thiophene rings is 1. The number of nitrogens with one attached hydrogen (secondary N) is 1. The van der Waals surface area contributed by atoms with E-state index in [1.807, 2.05) is 6.92 Å². The van der Waals surface area contributed by atoms with Gasteiger partial charge in [-0.25, -0.2) is 4.98 Å². The molecule has 3 N–H and O–H groups in total. The Kier molecular flexibility index (Phi) is 4.40. The van der Waals surface area contributed by atoms with Crippen LogP contribution in [0.25, 0.3) is 0 Å². The molecule has 0 unspecified atom stereocenters. The molecule has 7 heteroatoms. The van der Waals surface area contributed by atoms with Crippen LogP contribution >= 0.6 is 11.3 Å². The van der Waals surface area contributed by atoms with Crippen LogP contribution in [0.5, 0.6) is 0 Å². The van der Waals surface area contributed by atoms with E-state index in [0.29, 0.717) is 10.4 Å². The Morgan fingerprint density at radius 1 is 1.40 bits per heavy atom. The van der Waals surface area contributed by atoms with Crippen LogP contribution in [0.4, 0.5) is 5.95 Å². The highest BCUT2D eigenvalue weighted by molar-refractivity contribution is 7.12. The van der Waals surface area contributed by atoms with Gasteiger partial charge in [0.25, 0.3) is 5.91 Å². The van der Waals surface area contributed by atoms with Crippen LogP contribution in [0, 0.1) is 25.7 Å². The van der Waals surface area contributed by atoms with Crippen molar-refractivity contribution in [3.63, 3.8) is 0 Å². The van der Waals surface area contributed by atoms with Crippen LogP contribution in [0.15, 0.2) is 11.4 Å². The number of nitrogens with zero attached hydrogens (tertiary/aromatic N) is 3. The minimum absolute atomic E-state index is 0.184. The van der Waals surface area contributed by atoms with Crippen molar-refractivity contribution in [1.82, 2.24) is 15.2 Å². The van der Waals surface area contributed by atoms with E-state index in [2.05, 4.69) is 32.3 Å². The Hall–Kier alpha value is -2.30. The predicted molar refractivity (Wildman–Crippen MR) is 77.5 cm³/mol. The first-order valence-corrected chi connectivity index (χ1v) is 6.75.